The monoisotopic (exact) mass is 287 g/mol. The van der Waals surface area contributed by atoms with Crippen molar-refractivity contribution in [3.8, 4) is 0 Å². The molecular weight excluding hydrogens is 266 g/mol. The van der Waals surface area contributed by atoms with E-state index in [1.54, 1.807) is 6.26 Å². The molecule has 0 saturated carbocycles. The van der Waals surface area contributed by atoms with Crippen LogP contribution in [0.3, 0.4) is 0 Å². The van der Waals surface area contributed by atoms with Crippen molar-refractivity contribution in [1.29, 1.82) is 0 Å². The summed E-state index contributed by atoms with van der Waals surface area (Å²) in [6.07, 6.45) is 1.71. The topological polar surface area (TPSA) is 25.2 Å². The lowest BCUT2D eigenvalue weighted by Gasteiger charge is -2.25. The molecule has 1 heterocycles. The van der Waals surface area contributed by atoms with Crippen LogP contribution in [0.4, 0.5) is 0 Å². The van der Waals surface area contributed by atoms with Crippen LogP contribution < -0.4 is 5.32 Å². The second-order valence-corrected chi connectivity index (χ2v) is 5.83. The Hall–Kier alpha value is -0.280. The molecular formula is C13H22BrNO. The molecule has 16 heavy (non-hydrogen) atoms. The van der Waals surface area contributed by atoms with Crippen LogP contribution in [-0.2, 0) is 6.54 Å². The lowest BCUT2D eigenvalue weighted by molar-refractivity contribution is 0.272. The van der Waals surface area contributed by atoms with Crippen molar-refractivity contribution in [3.05, 3.63) is 22.6 Å². The first-order chi connectivity index (χ1) is 7.52. The van der Waals surface area contributed by atoms with Gasteiger partial charge >= 0.3 is 0 Å². The van der Waals surface area contributed by atoms with E-state index in [1.807, 2.05) is 6.07 Å². The van der Waals surface area contributed by atoms with Crippen molar-refractivity contribution in [2.45, 2.75) is 34.2 Å². The minimum Gasteiger partial charge on any atom is -0.467 e. The molecule has 0 aliphatic carbocycles. The van der Waals surface area contributed by atoms with Crippen molar-refractivity contribution < 1.29 is 4.42 Å². The first-order valence-electron chi connectivity index (χ1n) is 5.95. The summed E-state index contributed by atoms with van der Waals surface area (Å²) in [4.78, 5) is 0. The van der Waals surface area contributed by atoms with Crippen LogP contribution in [0, 0.1) is 17.8 Å². The van der Waals surface area contributed by atoms with Crippen LogP contribution in [0.25, 0.3) is 0 Å². The van der Waals surface area contributed by atoms with E-state index in [-0.39, 0.29) is 0 Å². The Balaban J connectivity index is 2.37. The number of hydrogen-bond donors (Lipinski definition) is 1. The largest absolute Gasteiger partial charge is 0.467 e. The molecule has 0 fully saturated rings. The summed E-state index contributed by atoms with van der Waals surface area (Å²) in [5.41, 5.74) is 0. The highest BCUT2D eigenvalue weighted by atomic mass is 79.9. The number of halogens is 1. The number of furan rings is 1. The minimum absolute atomic E-state index is 0.715. The van der Waals surface area contributed by atoms with E-state index >= 15 is 0 Å². The molecule has 1 aromatic heterocycles. The first kappa shape index (κ1) is 13.8. The van der Waals surface area contributed by atoms with Crippen LogP contribution in [0.5, 0.6) is 0 Å². The number of nitrogens with one attached hydrogen (secondary N) is 1. The fourth-order valence-corrected chi connectivity index (χ4v) is 2.39. The summed E-state index contributed by atoms with van der Waals surface area (Å²) in [7, 11) is 0. The Kier molecular flexibility index (Phi) is 5.56. The molecule has 0 aliphatic heterocycles. The highest BCUT2D eigenvalue weighted by Crippen LogP contribution is 2.20. The summed E-state index contributed by atoms with van der Waals surface area (Å²) in [5, 5.41) is 3.47. The van der Waals surface area contributed by atoms with Gasteiger partial charge in [0.1, 0.15) is 5.76 Å². The number of rotatable bonds is 6. The third kappa shape index (κ3) is 3.95. The molecule has 0 saturated heterocycles. The van der Waals surface area contributed by atoms with Crippen molar-refractivity contribution in [2.75, 3.05) is 6.54 Å². The Labute approximate surface area is 107 Å². The van der Waals surface area contributed by atoms with Crippen LogP contribution in [0.15, 0.2) is 21.2 Å². The predicted octanol–water partition coefficient (Wildman–Crippen LogP) is 4.06. The molecule has 1 N–H and O–H groups in total. The van der Waals surface area contributed by atoms with Gasteiger partial charge in [-0.1, -0.05) is 27.7 Å². The van der Waals surface area contributed by atoms with Gasteiger partial charge in [-0.2, -0.15) is 0 Å². The molecule has 1 aromatic rings. The highest BCUT2D eigenvalue weighted by Gasteiger charge is 2.17. The van der Waals surface area contributed by atoms with Gasteiger partial charge in [0, 0.05) is 0 Å². The van der Waals surface area contributed by atoms with E-state index in [1.165, 1.54) is 0 Å². The normalized spacial score (nSPS) is 12.0. The smallest absolute Gasteiger partial charge is 0.131 e. The average Bonchev–Trinajstić information content (AvgIpc) is 2.57. The summed E-state index contributed by atoms with van der Waals surface area (Å²) >= 11 is 3.46. The summed E-state index contributed by atoms with van der Waals surface area (Å²) in [6.45, 7) is 11.0. The molecule has 0 spiro atoms. The van der Waals surface area contributed by atoms with Crippen LogP contribution >= 0.6 is 15.9 Å². The first-order valence-corrected chi connectivity index (χ1v) is 6.74. The van der Waals surface area contributed by atoms with E-state index in [4.69, 9.17) is 4.42 Å². The zero-order valence-electron chi connectivity index (χ0n) is 10.6. The lowest BCUT2D eigenvalue weighted by Crippen LogP contribution is -2.29. The maximum absolute atomic E-state index is 5.36. The number of hydrogen-bond acceptors (Lipinski definition) is 2. The molecule has 92 valence electrons. The quantitative estimate of drug-likeness (QED) is 0.854. The zero-order chi connectivity index (χ0) is 12.1. The molecule has 0 atom stereocenters. The van der Waals surface area contributed by atoms with E-state index in [0.29, 0.717) is 17.8 Å². The molecule has 0 unspecified atom stereocenters. The van der Waals surface area contributed by atoms with Gasteiger partial charge in [0.05, 0.1) is 17.3 Å². The van der Waals surface area contributed by atoms with Crippen LogP contribution in [-0.4, -0.2) is 6.54 Å². The predicted molar refractivity (Wildman–Crippen MR) is 71.3 cm³/mol. The third-order valence-corrected chi connectivity index (χ3v) is 3.78. The van der Waals surface area contributed by atoms with Crippen molar-refractivity contribution >= 4 is 15.9 Å². The second kappa shape index (κ2) is 6.45. The van der Waals surface area contributed by atoms with Gasteiger partial charge < -0.3 is 9.73 Å². The lowest BCUT2D eigenvalue weighted by atomic mass is 9.85. The molecule has 0 aliphatic rings. The Morgan fingerprint density at radius 1 is 1.25 bits per heavy atom. The maximum Gasteiger partial charge on any atom is 0.131 e. The zero-order valence-corrected chi connectivity index (χ0v) is 12.2. The Morgan fingerprint density at radius 2 is 1.88 bits per heavy atom. The summed E-state index contributed by atoms with van der Waals surface area (Å²) < 4.78 is 6.40. The van der Waals surface area contributed by atoms with E-state index in [0.717, 1.165) is 23.3 Å². The molecule has 3 heteroatoms. The summed E-state index contributed by atoms with van der Waals surface area (Å²) in [6, 6.07) is 1.93. The van der Waals surface area contributed by atoms with Gasteiger partial charge in [0.2, 0.25) is 0 Å². The third-order valence-electron chi connectivity index (χ3n) is 3.07. The highest BCUT2D eigenvalue weighted by molar-refractivity contribution is 9.10. The van der Waals surface area contributed by atoms with Gasteiger partial charge in [0.15, 0.2) is 0 Å². The minimum atomic E-state index is 0.715. The van der Waals surface area contributed by atoms with E-state index < -0.39 is 0 Å². The van der Waals surface area contributed by atoms with Crippen molar-refractivity contribution in [1.82, 2.24) is 5.32 Å². The molecule has 1 rings (SSSR count). The molecule has 0 radical (unpaired) electrons. The fourth-order valence-electron chi connectivity index (χ4n) is 2.04. The molecule has 0 aromatic carbocycles. The second-order valence-electron chi connectivity index (χ2n) is 4.97. The van der Waals surface area contributed by atoms with Crippen LogP contribution in [0.2, 0.25) is 0 Å². The Bertz CT molecular complexity index is 299. The van der Waals surface area contributed by atoms with Crippen LogP contribution in [0.1, 0.15) is 33.5 Å². The average molecular weight is 288 g/mol. The maximum atomic E-state index is 5.36. The standard InChI is InChI=1S/C13H22BrNO/c1-9(2)11(10(3)4)7-15-8-13-12(14)5-6-16-13/h5-6,9-11,15H,7-8H2,1-4H3. The SMILES string of the molecule is CC(C)C(CNCc1occc1Br)C(C)C. The molecule has 2 nitrogen and oxygen atoms in total. The van der Waals surface area contributed by atoms with E-state index in [9.17, 15) is 0 Å². The molecule has 0 bridgehead atoms. The van der Waals surface area contributed by atoms with Crippen molar-refractivity contribution in [2.24, 2.45) is 17.8 Å². The van der Waals surface area contributed by atoms with Gasteiger partial charge in [0.25, 0.3) is 0 Å². The Morgan fingerprint density at radius 3 is 2.31 bits per heavy atom. The van der Waals surface area contributed by atoms with Crippen molar-refractivity contribution in [3.63, 3.8) is 0 Å². The fraction of sp³-hybridized carbons (Fsp3) is 0.692. The van der Waals surface area contributed by atoms with Gasteiger partial charge in [-0.25, -0.2) is 0 Å². The summed E-state index contributed by atoms with van der Waals surface area (Å²) in [5.74, 6) is 3.13. The van der Waals surface area contributed by atoms with Gasteiger partial charge in [-0.05, 0) is 46.3 Å². The van der Waals surface area contributed by atoms with Gasteiger partial charge in [-0.15, -0.1) is 0 Å². The molecule has 0 amide bonds. The van der Waals surface area contributed by atoms with Gasteiger partial charge in [-0.3, -0.25) is 0 Å². The van der Waals surface area contributed by atoms with E-state index in [2.05, 4.69) is 48.9 Å².